The molecule has 0 aliphatic heterocycles. The molecule has 0 atom stereocenters. The molecule has 0 saturated heterocycles. The van der Waals surface area contributed by atoms with Crippen LogP contribution in [0.1, 0.15) is 194 Å². The van der Waals surface area contributed by atoms with Crippen LogP contribution in [-0.4, -0.2) is 36.7 Å². The highest BCUT2D eigenvalue weighted by Gasteiger charge is 2.18. The molecule has 0 aliphatic carbocycles. The summed E-state index contributed by atoms with van der Waals surface area (Å²) in [6.45, 7) is 5.90. The normalized spacial score (nSPS) is 11.2. The van der Waals surface area contributed by atoms with Crippen molar-refractivity contribution in [2.45, 2.75) is 194 Å². The van der Waals surface area contributed by atoms with Crippen molar-refractivity contribution in [1.82, 2.24) is 0 Å². The van der Waals surface area contributed by atoms with Crippen molar-refractivity contribution in [2.75, 3.05) is 34.6 Å². The number of hydrogen-bond donors (Lipinski definition) is 0. The molecule has 0 radical (unpaired) electrons. The van der Waals surface area contributed by atoms with E-state index in [0.29, 0.717) is 13.1 Å². The van der Waals surface area contributed by atoms with Gasteiger partial charge < -0.3 is 9.80 Å². The van der Waals surface area contributed by atoms with E-state index in [1.54, 1.807) is 9.80 Å². The molecule has 4 nitrogen and oxygen atoms in total. The van der Waals surface area contributed by atoms with Crippen LogP contribution in [0.5, 0.6) is 0 Å². The van der Waals surface area contributed by atoms with Gasteiger partial charge in [0, 0.05) is 24.5 Å². The van der Waals surface area contributed by atoms with Gasteiger partial charge in [0.2, 0.25) is 11.8 Å². The summed E-state index contributed by atoms with van der Waals surface area (Å²) >= 11 is 12.0. The zero-order chi connectivity index (χ0) is 34.9. The van der Waals surface area contributed by atoms with Crippen molar-refractivity contribution in [1.29, 1.82) is 0 Å². The molecule has 0 heterocycles. The van der Waals surface area contributed by atoms with Crippen LogP contribution < -0.4 is 9.80 Å². The van der Waals surface area contributed by atoms with Gasteiger partial charge in [0.05, 0.1) is 0 Å². The first-order valence-corrected chi connectivity index (χ1v) is 21.5. The SMILES string of the molecule is CCCCCCCCCCCCCCCCN(C(=O)CCl)c1ccc(N(CCCCCCCCCCCCCCCC)C(=O)CCl)cc1. The van der Waals surface area contributed by atoms with Crippen LogP contribution in [0, 0.1) is 0 Å². The molecule has 0 spiro atoms. The number of nitrogens with zero attached hydrogens (tertiary/aromatic N) is 2. The molecule has 2 amide bonds. The highest BCUT2D eigenvalue weighted by molar-refractivity contribution is 6.30. The molecule has 278 valence electrons. The number of hydrogen-bond acceptors (Lipinski definition) is 2. The third-order valence-electron chi connectivity index (χ3n) is 9.77. The van der Waals surface area contributed by atoms with E-state index in [0.717, 1.165) is 37.1 Å². The maximum absolute atomic E-state index is 12.7. The fourth-order valence-electron chi connectivity index (χ4n) is 6.68. The van der Waals surface area contributed by atoms with Crippen molar-refractivity contribution in [2.24, 2.45) is 0 Å². The fraction of sp³-hybridized carbons (Fsp3) is 0.810. The van der Waals surface area contributed by atoms with E-state index >= 15 is 0 Å². The van der Waals surface area contributed by atoms with Gasteiger partial charge >= 0.3 is 0 Å². The van der Waals surface area contributed by atoms with Crippen LogP contribution in [0.3, 0.4) is 0 Å². The first kappa shape index (κ1) is 44.8. The number of amides is 2. The Bertz CT molecular complexity index is 808. The Kier molecular flexibility index (Phi) is 30.7. The van der Waals surface area contributed by atoms with E-state index in [9.17, 15) is 9.59 Å². The van der Waals surface area contributed by atoms with Crippen molar-refractivity contribution in [3.05, 3.63) is 24.3 Å². The fourth-order valence-corrected chi connectivity index (χ4v) is 6.97. The van der Waals surface area contributed by atoms with Gasteiger partial charge in [0.15, 0.2) is 0 Å². The molecule has 0 aromatic heterocycles. The quantitative estimate of drug-likeness (QED) is 0.0528. The Balaban J connectivity index is 2.33. The van der Waals surface area contributed by atoms with Crippen LogP contribution in [0.15, 0.2) is 24.3 Å². The first-order chi connectivity index (χ1) is 23.6. The summed E-state index contributed by atoms with van der Waals surface area (Å²) in [5, 5.41) is 0. The summed E-state index contributed by atoms with van der Waals surface area (Å²) in [6.07, 6.45) is 36.7. The zero-order valence-electron chi connectivity index (χ0n) is 31.4. The monoisotopic (exact) mass is 709 g/mol. The zero-order valence-corrected chi connectivity index (χ0v) is 32.9. The summed E-state index contributed by atoms with van der Waals surface area (Å²) in [5.41, 5.74) is 1.68. The summed E-state index contributed by atoms with van der Waals surface area (Å²) < 4.78 is 0. The summed E-state index contributed by atoms with van der Waals surface area (Å²) in [5.74, 6) is -0.211. The van der Waals surface area contributed by atoms with Crippen molar-refractivity contribution in [3.8, 4) is 0 Å². The molecule has 0 aliphatic rings. The number of carbonyl (C=O) groups excluding carboxylic acids is 2. The maximum Gasteiger partial charge on any atom is 0.241 e. The second-order valence-corrected chi connectivity index (χ2v) is 14.6. The van der Waals surface area contributed by atoms with Crippen LogP contribution in [0.2, 0.25) is 0 Å². The van der Waals surface area contributed by atoms with E-state index in [2.05, 4.69) is 13.8 Å². The van der Waals surface area contributed by atoms with Crippen LogP contribution in [0.25, 0.3) is 0 Å². The van der Waals surface area contributed by atoms with E-state index in [1.807, 2.05) is 24.3 Å². The number of halogens is 2. The molecule has 1 rings (SSSR count). The topological polar surface area (TPSA) is 40.6 Å². The molecule has 1 aromatic rings. The Morgan fingerprint density at radius 2 is 0.604 bits per heavy atom. The minimum Gasteiger partial charge on any atom is -0.311 e. The average Bonchev–Trinajstić information content (AvgIpc) is 3.11. The third-order valence-corrected chi connectivity index (χ3v) is 10.2. The average molecular weight is 710 g/mol. The summed E-state index contributed by atoms with van der Waals surface area (Å²) in [7, 11) is 0. The molecule has 48 heavy (non-hydrogen) atoms. The number of unbranched alkanes of at least 4 members (excludes halogenated alkanes) is 26. The van der Waals surface area contributed by atoms with Gasteiger partial charge in [-0.2, -0.15) is 0 Å². The lowest BCUT2D eigenvalue weighted by molar-refractivity contribution is -0.117. The second-order valence-electron chi connectivity index (χ2n) is 14.1. The molecule has 0 fully saturated rings. The molecule has 6 heteroatoms. The molecule has 1 aromatic carbocycles. The van der Waals surface area contributed by atoms with Gasteiger partial charge in [0.1, 0.15) is 11.8 Å². The number of carbonyl (C=O) groups is 2. The van der Waals surface area contributed by atoms with Crippen molar-refractivity contribution < 1.29 is 9.59 Å². The Hall–Kier alpha value is -1.26. The van der Waals surface area contributed by atoms with Crippen LogP contribution in [-0.2, 0) is 9.59 Å². The second kappa shape index (κ2) is 32.9. The lowest BCUT2D eigenvalue weighted by Crippen LogP contribution is -2.34. The minimum atomic E-state index is -0.0739. The molecule has 0 saturated carbocycles. The lowest BCUT2D eigenvalue weighted by atomic mass is 10.0. The Labute approximate surface area is 307 Å². The van der Waals surface area contributed by atoms with E-state index in [-0.39, 0.29) is 23.6 Å². The van der Waals surface area contributed by atoms with Crippen molar-refractivity contribution >= 4 is 46.4 Å². The molecule has 0 N–H and O–H groups in total. The molecular weight excluding hydrogens is 635 g/mol. The number of rotatable bonds is 34. The van der Waals surface area contributed by atoms with Crippen LogP contribution in [0.4, 0.5) is 11.4 Å². The Morgan fingerprint density at radius 1 is 0.396 bits per heavy atom. The predicted octanol–water partition coefficient (Wildman–Crippen LogP) is 13.8. The first-order valence-electron chi connectivity index (χ1n) is 20.4. The lowest BCUT2D eigenvalue weighted by Gasteiger charge is -2.25. The van der Waals surface area contributed by atoms with Crippen molar-refractivity contribution in [3.63, 3.8) is 0 Å². The molecular formula is C42H74Cl2N2O2. The van der Waals surface area contributed by atoms with Gasteiger partial charge in [-0.1, -0.05) is 181 Å². The van der Waals surface area contributed by atoms with E-state index < -0.39 is 0 Å². The van der Waals surface area contributed by atoms with Gasteiger partial charge in [-0.15, -0.1) is 23.2 Å². The number of anilines is 2. The summed E-state index contributed by atoms with van der Waals surface area (Å²) in [4.78, 5) is 29.1. The number of benzene rings is 1. The molecule has 0 bridgehead atoms. The third kappa shape index (κ3) is 23.2. The van der Waals surface area contributed by atoms with Gasteiger partial charge in [-0.05, 0) is 37.1 Å². The largest absolute Gasteiger partial charge is 0.311 e. The minimum absolute atomic E-state index is 0.0314. The van der Waals surface area contributed by atoms with E-state index in [1.165, 1.54) is 154 Å². The van der Waals surface area contributed by atoms with E-state index in [4.69, 9.17) is 23.2 Å². The Morgan fingerprint density at radius 3 is 0.812 bits per heavy atom. The highest BCUT2D eigenvalue weighted by Crippen LogP contribution is 2.24. The van der Waals surface area contributed by atoms with Crippen LogP contribution >= 0.6 is 23.2 Å². The molecule has 0 unspecified atom stereocenters. The smallest absolute Gasteiger partial charge is 0.241 e. The van der Waals surface area contributed by atoms with Gasteiger partial charge in [-0.25, -0.2) is 0 Å². The maximum atomic E-state index is 12.7. The van der Waals surface area contributed by atoms with Gasteiger partial charge in [-0.3, -0.25) is 9.59 Å². The standard InChI is InChI=1S/C42H74Cl2N2O2/c1-3-5-7-9-11-13-15-17-19-21-23-25-27-29-35-45(41(47)37-43)39-31-33-40(34-32-39)46(42(48)38-44)36-30-28-26-24-22-20-18-16-14-12-10-8-6-4-2/h31-34H,3-30,35-38H2,1-2H3. The van der Waals surface area contributed by atoms with Gasteiger partial charge in [0.25, 0.3) is 0 Å². The highest BCUT2D eigenvalue weighted by atomic mass is 35.5. The summed E-state index contributed by atoms with van der Waals surface area (Å²) in [6, 6.07) is 7.79. The number of alkyl halides is 2. The predicted molar refractivity (Wildman–Crippen MR) is 213 cm³/mol.